The molecule has 2 heterocycles. The molecule has 1 fully saturated rings. The average Bonchev–Trinajstić information content (AvgIpc) is 2.47. The van der Waals surface area contributed by atoms with Crippen LogP contribution in [0.15, 0.2) is 26.6 Å². The Balaban J connectivity index is 2.36. The van der Waals surface area contributed by atoms with E-state index in [-0.39, 0.29) is 17.6 Å². The summed E-state index contributed by atoms with van der Waals surface area (Å²) in [5.74, 6) is 1.36. The van der Waals surface area contributed by atoms with Crippen molar-refractivity contribution in [2.45, 2.75) is 33.0 Å². The molecule has 0 N–H and O–H groups in total. The predicted molar refractivity (Wildman–Crippen MR) is 85.4 cm³/mol. The quantitative estimate of drug-likeness (QED) is 0.733. The molecule has 2 rings (SSSR count). The van der Waals surface area contributed by atoms with Crippen molar-refractivity contribution < 1.29 is 9.47 Å². The summed E-state index contributed by atoms with van der Waals surface area (Å²) in [6.45, 7) is 8.02. The molecular weight excluding hydrogens is 292 g/mol. The van der Waals surface area contributed by atoms with Gasteiger partial charge in [-0.25, -0.2) is 4.99 Å². The van der Waals surface area contributed by atoms with E-state index in [1.807, 2.05) is 19.9 Å². The maximum Gasteiger partial charge on any atom is 0.226 e. The normalized spacial score (nSPS) is 28.6. The van der Waals surface area contributed by atoms with Gasteiger partial charge in [0.15, 0.2) is 5.84 Å². The Morgan fingerprint density at radius 1 is 1.52 bits per heavy atom. The van der Waals surface area contributed by atoms with Gasteiger partial charge in [-0.15, -0.1) is 0 Å². The van der Waals surface area contributed by atoms with E-state index < -0.39 is 0 Å². The number of hydrogen-bond acceptors (Lipinski definition) is 5. The molecule has 0 saturated carbocycles. The van der Waals surface area contributed by atoms with Crippen LogP contribution in [0.4, 0.5) is 0 Å². The summed E-state index contributed by atoms with van der Waals surface area (Å²) in [6, 6.07) is 0.233. The number of allylic oxidation sites excluding steroid dienone is 1. The lowest BCUT2D eigenvalue weighted by Crippen LogP contribution is -2.49. The van der Waals surface area contributed by atoms with Gasteiger partial charge in [0, 0.05) is 13.7 Å². The van der Waals surface area contributed by atoms with Crippen molar-refractivity contribution in [2.24, 2.45) is 15.0 Å². The minimum Gasteiger partial charge on any atom is -0.377 e. The molecule has 0 radical (unpaired) electrons. The van der Waals surface area contributed by atoms with Gasteiger partial charge < -0.3 is 14.4 Å². The number of ether oxygens (including phenoxy) is 2. The topological polar surface area (TPSA) is 58.8 Å². The zero-order valence-corrected chi connectivity index (χ0v) is 13.6. The fraction of sp³-hybridized carbons (Fsp3) is 0.643. The zero-order valence-electron chi connectivity index (χ0n) is 12.8. The fourth-order valence-electron chi connectivity index (χ4n) is 2.26. The largest absolute Gasteiger partial charge is 0.377 e. The summed E-state index contributed by atoms with van der Waals surface area (Å²) in [6.07, 6.45) is 1.67. The Morgan fingerprint density at radius 2 is 2.29 bits per heavy atom. The van der Waals surface area contributed by atoms with Crippen LogP contribution in [0, 0.1) is 0 Å². The lowest BCUT2D eigenvalue weighted by atomic mass is 10.1. The van der Waals surface area contributed by atoms with E-state index >= 15 is 0 Å². The van der Waals surface area contributed by atoms with Crippen LogP contribution in [0.5, 0.6) is 0 Å². The highest BCUT2D eigenvalue weighted by atomic mass is 35.5. The lowest BCUT2D eigenvalue weighted by molar-refractivity contribution is 0.0335. The van der Waals surface area contributed by atoms with Gasteiger partial charge in [-0.1, -0.05) is 6.08 Å². The van der Waals surface area contributed by atoms with Gasteiger partial charge in [0.2, 0.25) is 5.29 Å². The number of aliphatic imine (C=N–C) groups is 3. The van der Waals surface area contributed by atoms with Crippen molar-refractivity contribution in [3.63, 3.8) is 0 Å². The molecule has 1 unspecified atom stereocenters. The summed E-state index contributed by atoms with van der Waals surface area (Å²) in [7, 11) is 1.61. The summed E-state index contributed by atoms with van der Waals surface area (Å²) in [5, 5.41) is 0.191. The van der Waals surface area contributed by atoms with E-state index in [2.05, 4.69) is 26.8 Å². The third-order valence-corrected chi connectivity index (χ3v) is 3.62. The zero-order chi connectivity index (χ0) is 15.4. The van der Waals surface area contributed by atoms with Crippen LogP contribution in [-0.2, 0) is 9.47 Å². The molecule has 21 heavy (non-hydrogen) atoms. The number of morpholine rings is 1. The van der Waals surface area contributed by atoms with Crippen LogP contribution in [0.2, 0.25) is 0 Å². The van der Waals surface area contributed by atoms with Crippen LogP contribution < -0.4 is 0 Å². The van der Waals surface area contributed by atoms with Crippen molar-refractivity contribution in [2.75, 3.05) is 26.9 Å². The number of amidine groups is 3. The molecule has 0 amide bonds. The molecule has 2 aliphatic rings. The first-order chi connectivity index (χ1) is 10.1. The second-order valence-electron chi connectivity index (χ2n) is 4.92. The first-order valence-corrected chi connectivity index (χ1v) is 7.39. The van der Waals surface area contributed by atoms with Crippen molar-refractivity contribution in [3.05, 3.63) is 11.6 Å². The Hall–Kier alpha value is -1.24. The van der Waals surface area contributed by atoms with Crippen molar-refractivity contribution in [1.82, 2.24) is 4.90 Å². The highest BCUT2D eigenvalue weighted by Gasteiger charge is 2.29. The summed E-state index contributed by atoms with van der Waals surface area (Å²) >= 11 is 6.08. The first kappa shape index (κ1) is 16.1. The van der Waals surface area contributed by atoms with E-state index in [4.69, 9.17) is 21.1 Å². The van der Waals surface area contributed by atoms with E-state index in [9.17, 15) is 0 Å². The molecule has 0 bridgehead atoms. The minimum absolute atomic E-state index is 0.191. The van der Waals surface area contributed by atoms with Crippen LogP contribution >= 0.6 is 11.6 Å². The molecule has 1 saturated heterocycles. The Bertz CT molecular complexity index is 513. The summed E-state index contributed by atoms with van der Waals surface area (Å²) in [4.78, 5) is 15.3. The Labute approximate surface area is 130 Å². The second-order valence-corrected chi connectivity index (χ2v) is 5.26. The molecule has 0 aromatic carbocycles. The molecule has 0 spiro atoms. The number of methoxy groups -OCH3 is 1. The maximum absolute atomic E-state index is 6.08. The molecule has 6 nitrogen and oxygen atoms in total. The maximum atomic E-state index is 6.08. The molecular formula is C14H21ClN4O2. The van der Waals surface area contributed by atoms with Gasteiger partial charge in [0.1, 0.15) is 12.1 Å². The highest BCUT2D eigenvalue weighted by Crippen LogP contribution is 2.19. The van der Waals surface area contributed by atoms with Crippen molar-refractivity contribution in [1.29, 1.82) is 0 Å². The lowest BCUT2D eigenvalue weighted by Gasteiger charge is -2.37. The smallest absolute Gasteiger partial charge is 0.226 e. The van der Waals surface area contributed by atoms with E-state index in [0.717, 1.165) is 18.0 Å². The summed E-state index contributed by atoms with van der Waals surface area (Å²) < 4.78 is 10.7. The average molecular weight is 313 g/mol. The summed E-state index contributed by atoms with van der Waals surface area (Å²) in [5.41, 5.74) is 0.872. The molecule has 2 atom stereocenters. The molecule has 7 heteroatoms. The monoisotopic (exact) mass is 312 g/mol. The van der Waals surface area contributed by atoms with Crippen LogP contribution in [-0.4, -0.2) is 61.0 Å². The van der Waals surface area contributed by atoms with Gasteiger partial charge in [-0.2, -0.15) is 9.98 Å². The van der Waals surface area contributed by atoms with Crippen LogP contribution in [0.3, 0.4) is 0 Å². The Kier molecular flexibility index (Phi) is 5.50. The molecule has 0 aromatic rings. The van der Waals surface area contributed by atoms with Crippen molar-refractivity contribution in [3.8, 4) is 0 Å². The van der Waals surface area contributed by atoms with Gasteiger partial charge in [0.05, 0.1) is 24.8 Å². The molecule has 116 valence electrons. The van der Waals surface area contributed by atoms with Gasteiger partial charge in [0.25, 0.3) is 0 Å². The highest BCUT2D eigenvalue weighted by molar-refractivity contribution is 6.67. The van der Waals surface area contributed by atoms with Crippen molar-refractivity contribution >= 4 is 28.6 Å². The fourth-order valence-corrected chi connectivity index (χ4v) is 2.42. The predicted octanol–water partition coefficient (Wildman–Crippen LogP) is 2.05. The SMILES string of the molecule is C/C=C1/C(N2CCOC[C@@H]2C)=NC(Cl)=N/C1=N/C(C)OC. The van der Waals surface area contributed by atoms with Gasteiger partial charge in [-0.3, -0.25) is 0 Å². The van der Waals surface area contributed by atoms with Crippen LogP contribution in [0.1, 0.15) is 20.8 Å². The van der Waals surface area contributed by atoms with Crippen LogP contribution in [0.25, 0.3) is 0 Å². The van der Waals surface area contributed by atoms with E-state index in [1.165, 1.54) is 0 Å². The van der Waals surface area contributed by atoms with Gasteiger partial charge >= 0.3 is 0 Å². The number of halogens is 1. The molecule has 0 aromatic heterocycles. The van der Waals surface area contributed by atoms with E-state index in [0.29, 0.717) is 19.0 Å². The third-order valence-electron chi connectivity index (χ3n) is 3.45. The second kappa shape index (κ2) is 7.15. The minimum atomic E-state index is -0.287. The standard InChI is InChI=1S/C14H21ClN4O2/c1-5-11-12(16-10(3)20-4)17-14(15)18-13(11)19-6-7-21-8-9(19)2/h5,9-10H,6-8H2,1-4H3/b11-5+,16-12+/t9-,10?/m0/s1. The Morgan fingerprint density at radius 3 is 2.90 bits per heavy atom. The number of rotatable bonds is 2. The first-order valence-electron chi connectivity index (χ1n) is 7.01. The molecule has 0 aliphatic carbocycles. The molecule has 2 aliphatic heterocycles. The third kappa shape index (κ3) is 3.70. The number of nitrogens with zero attached hydrogens (tertiary/aromatic N) is 4. The van der Waals surface area contributed by atoms with Gasteiger partial charge in [-0.05, 0) is 32.4 Å². The van der Waals surface area contributed by atoms with E-state index in [1.54, 1.807) is 7.11 Å². The number of hydrogen-bond donors (Lipinski definition) is 0.